The molecule has 0 saturated carbocycles. The van der Waals surface area contributed by atoms with Gasteiger partial charge in [-0.15, -0.1) is 13.2 Å². The molecule has 1 fully saturated rings. The van der Waals surface area contributed by atoms with Crippen molar-refractivity contribution in [2.24, 2.45) is 5.41 Å². The van der Waals surface area contributed by atoms with Crippen molar-refractivity contribution < 1.29 is 27.2 Å². The van der Waals surface area contributed by atoms with E-state index < -0.39 is 6.36 Å². The first-order valence-electron chi connectivity index (χ1n) is 8.37. The zero-order valence-corrected chi connectivity index (χ0v) is 14.7. The first-order valence-corrected chi connectivity index (χ1v) is 8.37. The molecule has 0 bridgehead atoms. The van der Waals surface area contributed by atoms with Crippen molar-refractivity contribution >= 4 is 12.6 Å². The SMILES string of the molecule is CC1(C)COB(c2ccc(Cc3ccc(OC(F)(F)F)cc3)cc2)OC1. The number of hydrogen-bond acceptors (Lipinski definition) is 3. The van der Waals surface area contributed by atoms with Crippen LogP contribution in [0.3, 0.4) is 0 Å². The summed E-state index contributed by atoms with van der Waals surface area (Å²) in [4.78, 5) is 0. The smallest absolute Gasteiger partial charge is 0.407 e. The predicted octanol–water partition coefficient (Wildman–Crippen LogP) is 3.94. The summed E-state index contributed by atoms with van der Waals surface area (Å²) < 4.78 is 51.9. The third-order valence-electron chi connectivity index (χ3n) is 4.07. The Morgan fingerprint density at radius 3 is 1.92 bits per heavy atom. The van der Waals surface area contributed by atoms with Gasteiger partial charge < -0.3 is 14.0 Å². The number of alkyl halides is 3. The Morgan fingerprint density at radius 2 is 1.42 bits per heavy atom. The van der Waals surface area contributed by atoms with Gasteiger partial charge in [0.15, 0.2) is 0 Å². The maximum Gasteiger partial charge on any atom is 0.573 e. The van der Waals surface area contributed by atoms with Crippen molar-refractivity contribution in [2.75, 3.05) is 13.2 Å². The quantitative estimate of drug-likeness (QED) is 0.770. The molecule has 0 amide bonds. The molecule has 7 heteroatoms. The van der Waals surface area contributed by atoms with Crippen LogP contribution in [0.15, 0.2) is 48.5 Å². The molecule has 3 rings (SSSR count). The van der Waals surface area contributed by atoms with Gasteiger partial charge in [0.1, 0.15) is 5.75 Å². The molecular formula is C19H20BF3O3. The largest absolute Gasteiger partial charge is 0.573 e. The van der Waals surface area contributed by atoms with E-state index in [2.05, 4.69) is 18.6 Å². The standard InChI is InChI=1S/C19H20BF3O3/c1-18(2)12-24-20(25-13-18)16-7-3-14(4-8-16)11-15-5-9-17(10-6-15)26-19(21,22)23/h3-10H,11-13H2,1-2H3. The van der Waals surface area contributed by atoms with E-state index in [1.165, 1.54) is 12.1 Å². The molecule has 0 unspecified atom stereocenters. The minimum atomic E-state index is -4.67. The molecule has 1 aliphatic heterocycles. The third-order valence-corrected chi connectivity index (χ3v) is 4.07. The fourth-order valence-electron chi connectivity index (χ4n) is 2.72. The summed E-state index contributed by atoms with van der Waals surface area (Å²) in [6, 6.07) is 13.8. The fraction of sp³-hybridized carbons (Fsp3) is 0.368. The topological polar surface area (TPSA) is 27.7 Å². The number of rotatable bonds is 4. The second-order valence-electron chi connectivity index (χ2n) is 7.23. The van der Waals surface area contributed by atoms with E-state index in [1.54, 1.807) is 12.1 Å². The Labute approximate surface area is 151 Å². The minimum absolute atomic E-state index is 0.0262. The molecule has 1 heterocycles. The molecule has 1 saturated heterocycles. The van der Waals surface area contributed by atoms with Crippen LogP contribution in [0.2, 0.25) is 0 Å². The molecule has 0 spiro atoms. The highest BCUT2D eigenvalue weighted by molar-refractivity contribution is 6.61. The van der Waals surface area contributed by atoms with Crippen LogP contribution in [0, 0.1) is 5.41 Å². The first-order chi connectivity index (χ1) is 12.2. The molecule has 2 aromatic carbocycles. The Kier molecular flexibility index (Phi) is 5.30. The van der Waals surface area contributed by atoms with Gasteiger partial charge >= 0.3 is 13.5 Å². The molecule has 0 aromatic heterocycles. The van der Waals surface area contributed by atoms with Crippen molar-refractivity contribution in [3.8, 4) is 5.75 Å². The Hall–Kier alpha value is -1.99. The zero-order chi connectivity index (χ0) is 18.8. The van der Waals surface area contributed by atoms with Crippen molar-refractivity contribution in [1.82, 2.24) is 0 Å². The predicted molar refractivity (Wildman–Crippen MR) is 93.4 cm³/mol. The van der Waals surface area contributed by atoms with E-state index in [1.807, 2.05) is 24.3 Å². The van der Waals surface area contributed by atoms with Gasteiger partial charge in [-0.05, 0) is 35.1 Å². The summed E-state index contributed by atoms with van der Waals surface area (Å²) in [6.07, 6.45) is -4.05. The van der Waals surface area contributed by atoms with Gasteiger partial charge in [-0.3, -0.25) is 0 Å². The highest BCUT2D eigenvalue weighted by Gasteiger charge is 2.33. The monoisotopic (exact) mass is 364 g/mol. The maximum absolute atomic E-state index is 12.2. The molecule has 0 radical (unpaired) electrons. The van der Waals surface area contributed by atoms with E-state index in [0.717, 1.165) is 16.6 Å². The number of benzene rings is 2. The van der Waals surface area contributed by atoms with Crippen LogP contribution in [0.25, 0.3) is 0 Å². The molecule has 0 N–H and O–H groups in total. The molecule has 1 aliphatic rings. The van der Waals surface area contributed by atoms with Crippen LogP contribution in [0.4, 0.5) is 13.2 Å². The minimum Gasteiger partial charge on any atom is -0.407 e. The van der Waals surface area contributed by atoms with Crippen LogP contribution in [-0.2, 0) is 15.7 Å². The van der Waals surface area contributed by atoms with Crippen molar-refractivity contribution in [3.05, 3.63) is 59.7 Å². The summed E-state index contributed by atoms with van der Waals surface area (Å²) in [6.45, 7) is 5.48. The second kappa shape index (κ2) is 7.33. The number of hydrogen-bond donors (Lipinski definition) is 0. The molecule has 0 atom stereocenters. The van der Waals surface area contributed by atoms with Gasteiger partial charge in [0.25, 0.3) is 0 Å². The van der Waals surface area contributed by atoms with Crippen molar-refractivity contribution in [3.63, 3.8) is 0 Å². The molecule has 2 aromatic rings. The molecular weight excluding hydrogens is 344 g/mol. The second-order valence-corrected chi connectivity index (χ2v) is 7.23. The van der Waals surface area contributed by atoms with Gasteiger partial charge in [0.2, 0.25) is 0 Å². The number of ether oxygens (including phenoxy) is 1. The average molecular weight is 364 g/mol. The van der Waals surface area contributed by atoms with Crippen LogP contribution < -0.4 is 10.2 Å². The molecule has 26 heavy (non-hydrogen) atoms. The maximum atomic E-state index is 12.2. The van der Waals surface area contributed by atoms with Crippen LogP contribution >= 0.6 is 0 Å². The number of halogens is 3. The van der Waals surface area contributed by atoms with Gasteiger partial charge in [-0.1, -0.05) is 50.2 Å². The van der Waals surface area contributed by atoms with Crippen molar-refractivity contribution in [1.29, 1.82) is 0 Å². The molecule has 0 aliphatic carbocycles. The third kappa shape index (κ3) is 5.25. The summed E-state index contributed by atoms with van der Waals surface area (Å²) >= 11 is 0. The summed E-state index contributed by atoms with van der Waals surface area (Å²) in [7, 11) is -0.351. The highest BCUT2D eigenvalue weighted by atomic mass is 19.4. The van der Waals surface area contributed by atoms with E-state index in [4.69, 9.17) is 9.31 Å². The highest BCUT2D eigenvalue weighted by Crippen LogP contribution is 2.24. The van der Waals surface area contributed by atoms with E-state index in [0.29, 0.717) is 19.6 Å². The lowest BCUT2D eigenvalue weighted by atomic mass is 9.75. The first kappa shape index (κ1) is 18.8. The summed E-state index contributed by atoms with van der Waals surface area (Å²) in [5, 5.41) is 0. The van der Waals surface area contributed by atoms with E-state index in [-0.39, 0.29) is 18.3 Å². The normalized spacial score (nSPS) is 17.2. The van der Waals surface area contributed by atoms with Gasteiger partial charge in [-0.2, -0.15) is 0 Å². The Bertz CT molecular complexity index is 717. The summed E-state index contributed by atoms with van der Waals surface area (Å²) in [5.41, 5.74) is 2.94. The lowest BCUT2D eigenvalue weighted by molar-refractivity contribution is -0.274. The van der Waals surface area contributed by atoms with Gasteiger partial charge in [0, 0.05) is 18.6 Å². The van der Waals surface area contributed by atoms with Crippen molar-refractivity contribution in [2.45, 2.75) is 26.6 Å². The van der Waals surface area contributed by atoms with Gasteiger partial charge in [0.05, 0.1) is 0 Å². The van der Waals surface area contributed by atoms with Crippen LogP contribution in [0.1, 0.15) is 25.0 Å². The molecule has 138 valence electrons. The summed E-state index contributed by atoms with van der Waals surface area (Å²) in [5.74, 6) is -0.217. The van der Waals surface area contributed by atoms with Crippen LogP contribution in [0.5, 0.6) is 5.75 Å². The lowest BCUT2D eigenvalue weighted by Crippen LogP contribution is -2.47. The van der Waals surface area contributed by atoms with Crippen LogP contribution in [-0.4, -0.2) is 26.7 Å². The lowest BCUT2D eigenvalue weighted by Gasteiger charge is -2.33. The van der Waals surface area contributed by atoms with E-state index >= 15 is 0 Å². The average Bonchev–Trinajstić information content (AvgIpc) is 2.56. The Balaban J connectivity index is 1.59. The fourth-order valence-corrected chi connectivity index (χ4v) is 2.72. The Morgan fingerprint density at radius 1 is 0.923 bits per heavy atom. The van der Waals surface area contributed by atoms with E-state index in [9.17, 15) is 13.2 Å². The van der Waals surface area contributed by atoms with Gasteiger partial charge in [-0.25, -0.2) is 0 Å². The zero-order valence-electron chi connectivity index (χ0n) is 14.7. The molecule has 3 nitrogen and oxygen atoms in total.